The van der Waals surface area contributed by atoms with Crippen LogP contribution in [0.25, 0.3) is 10.9 Å². The van der Waals surface area contributed by atoms with E-state index in [1.165, 1.54) is 0 Å². The minimum Gasteiger partial charge on any atom is -0.351 e. The van der Waals surface area contributed by atoms with E-state index in [9.17, 15) is 14.4 Å². The second kappa shape index (κ2) is 8.87. The van der Waals surface area contributed by atoms with Gasteiger partial charge in [0.25, 0.3) is 5.91 Å². The molecule has 160 valence electrons. The lowest BCUT2D eigenvalue weighted by molar-refractivity contribution is -0.125. The number of H-pyrrole nitrogens is 1. The molecule has 1 aromatic carbocycles. The lowest BCUT2D eigenvalue weighted by Gasteiger charge is -2.37. The van der Waals surface area contributed by atoms with Gasteiger partial charge in [0, 0.05) is 43.1 Å². The van der Waals surface area contributed by atoms with Crippen molar-refractivity contribution in [2.45, 2.75) is 44.7 Å². The van der Waals surface area contributed by atoms with Crippen molar-refractivity contribution in [2.75, 3.05) is 26.2 Å². The van der Waals surface area contributed by atoms with Crippen molar-refractivity contribution in [2.24, 2.45) is 0 Å². The van der Waals surface area contributed by atoms with E-state index >= 15 is 0 Å². The molecule has 1 aromatic heterocycles. The van der Waals surface area contributed by atoms with Crippen LogP contribution in [0.1, 0.15) is 43.1 Å². The highest BCUT2D eigenvalue weighted by Gasteiger charge is 2.29. The molecule has 1 atom stereocenters. The maximum atomic E-state index is 12.8. The Hall–Kier alpha value is -2.87. The molecule has 1 saturated heterocycles. The molecule has 1 aliphatic heterocycles. The van der Waals surface area contributed by atoms with Crippen molar-refractivity contribution < 1.29 is 14.4 Å². The van der Waals surface area contributed by atoms with Gasteiger partial charge in [-0.05, 0) is 31.9 Å². The fourth-order valence-electron chi connectivity index (χ4n) is 4.35. The van der Waals surface area contributed by atoms with Crippen LogP contribution in [0.4, 0.5) is 4.79 Å². The van der Waals surface area contributed by atoms with Crippen LogP contribution in [0.5, 0.6) is 0 Å². The van der Waals surface area contributed by atoms with Crippen LogP contribution in [0.15, 0.2) is 30.3 Å². The minimum absolute atomic E-state index is 0.0288. The predicted molar refractivity (Wildman–Crippen MR) is 114 cm³/mol. The number of nitrogens with one attached hydrogen (secondary N) is 3. The van der Waals surface area contributed by atoms with Crippen molar-refractivity contribution in [3.63, 3.8) is 0 Å². The molecule has 0 bridgehead atoms. The first-order valence-corrected chi connectivity index (χ1v) is 10.7. The average molecular weight is 412 g/mol. The first-order valence-electron chi connectivity index (χ1n) is 10.7. The lowest BCUT2D eigenvalue weighted by atomic mass is 10.2. The zero-order valence-corrected chi connectivity index (χ0v) is 17.3. The summed E-state index contributed by atoms with van der Waals surface area (Å²) in [4.78, 5) is 44.3. The van der Waals surface area contributed by atoms with Gasteiger partial charge in [-0.25, -0.2) is 4.79 Å². The summed E-state index contributed by atoms with van der Waals surface area (Å²) < 4.78 is 0. The fraction of sp³-hybridized carbons (Fsp3) is 0.500. The van der Waals surface area contributed by atoms with E-state index < -0.39 is 12.1 Å². The van der Waals surface area contributed by atoms with Crippen molar-refractivity contribution in [1.29, 1.82) is 0 Å². The van der Waals surface area contributed by atoms with E-state index in [0.29, 0.717) is 31.9 Å². The molecule has 2 fully saturated rings. The first-order chi connectivity index (χ1) is 14.5. The average Bonchev–Trinajstić information content (AvgIpc) is 3.42. The first kappa shape index (κ1) is 20.4. The Morgan fingerprint density at radius 1 is 1.07 bits per heavy atom. The summed E-state index contributed by atoms with van der Waals surface area (Å²) in [7, 11) is 0. The van der Waals surface area contributed by atoms with Crippen molar-refractivity contribution >= 4 is 28.7 Å². The van der Waals surface area contributed by atoms with Gasteiger partial charge < -0.3 is 15.2 Å². The Bertz CT molecular complexity index is 893. The summed E-state index contributed by atoms with van der Waals surface area (Å²) in [5.41, 5.74) is 1.53. The number of benzene rings is 1. The number of nitrogens with zero attached hydrogens (tertiary/aromatic N) is 2. The molecule has 30 heavy (non-hydrogen) atoms. The third-order valence-corrected chi connectivity index (χ3v) is 6.22. The van der Waals surface area contributed by atoms with Gasteiger partial charge in [0.15, 0.2) is 0 Å². The van der Waals surface area contributed by atoms with E-state index in [0.717, 1.165) is 36.6 Å². The Kier molecular flexibility index (Phi) is 6.03. The molecule has 2 aromatic rings. The number of hydrogen-bond acceptors (Lipinski definition) is 4. The quantitative estimate of drug-likeness (QED) is 0.718. The third kappa shape index (κ3) is 4.48. The molecular formula is C22H29N5O3. The van der Waals surface area contributed by atoms with Gasteiger partial charge >= 0.3 is 6.03 Å². The maximum absolute atomic E-state index is 12.8. The van der Waals surface area contributed by atoms with E-state index in [2.05, 4.69) is 15.6 Å². The van der Waals surface area contributed by atoms with Gasteiger partial charge in [-0.1, -0.05) is 31.0 Å². The molecule has 2 aliphatic rings. The Labute approximate surface area is 176 Å². The van der Waals surface area contributed by atoms with Crippen molar-refractivity contribution in [1.82, 2.24) is 25.4 Å². The standard InChI is InChI=1S/C22H29N5O3/c1-15(20(28)25-22(30)23-17-7-3-4-8-17)26-10-12-27(13-11-26)21(29)19-14-16-6-2-5-9-18(16)24-19/h2,5-6,9,14-15,17,24H,3-4,7-8,10-13H2,1H3,(H2,23,25,28,30). The smallest absolute Gasteiger partial charge is 0.321 e. The molecular weight excluding hydrogens is 382 g/mol. The third-order valence-electron chi connectivity index (χ3n) is 6.22. The number of urea groups is 1. The number of piperazine rings is 1. The highest BCUT2D eigenvalue weighted by atomic mass is 16.2. The molecule has 8 nitrogen and oxygen atoms in total. The molecule has 0 spiro atoms. The fourth-order valence-corrected chi connectivity index (χ4v) is 4.35. The minimum atomic E-state index is -0.426. The topological polar surface area (TPSA) is 97.5 Å². The summed E-state index contributed by atoms with van der Waals surface area (Å²) in [5.74, 6) is -0.334. The number of aromatic amines is 1. The van der Waals surface area contributed by atoms with Crippen LogP contribution in [-0.2, 0) is 4.79 Å². The molecule has 4 amide bonds. The van der Waals surface area contributed by atoms with Crippen LogP contribution >= 0.6 is 0 Å². The predicted octanol–water partition coefficient (Wildman–Crippen LogP) is 2.08. The largest absolute Gasteiger partial charge is 0.351 e. The highest BCUT2D eigenvalue weighted by Crippen LogP contribution is 2.18. The zero-order chi connectivity index (χ0) is 21.1. The molecule has 1 saturated carbocycles. The van der Waals surface area contributed by atoms with Crippen molar-refractivity contribution in [3.8, 4) is 0 Å². The number of carbonyl (C=O) groups excluding carboxylic acids is 3. The van der Waals surface area contributed by atoms with Crippen LogP contribution < -0.4 is 10.6 Å². The summed E-state index contributed by atoms with van der Waals surface area (Å²) in [6.45, 7) is 4.06. The molecule has 4 rings (SSSR count). The molecule has 8 heteroatoms. The van der Waals surface area contributed by atoms with Crippen LogP contribution in [-0.4, -0.2) is 70.9 Å². The Morgan fingerprint density at radius 2 is 1.77 bits per heavy atom. The monoisotopic (exact) mass is 411 g/mol. The summed E-state index contributed by atoms with van der Waals surface area (Å²) in [5, 5.41) is 6.35. The molecule has 1 aliphatic carbocycles. The van der Waals surface area contributed by atoms with E-state index in [-0.39, 0.29) is 17.9 Å². The van der Waals surface area contributed by atoms with Crippen LogP contribution in [0, 0.1) is 0 Å². The van der Waals surface area contributed by atoms with Gasteiger partial charge in [0.2, 0.25) is 5.91 Å². The summed E-state index contributed by atoms with van der Waals surface area (Å²) in [6.07, 6.45) is 4.20. The Balaban J connectivity index is 1.27. The molecule has 3 N–H and O–H groups in total. The highest BCUT2D eigenvalue weighted by molar-refractivity contribution is 5.98. The van der Waals surface area contributed by atoms with Crippen molar-refractivity contribution in [3.05, 3.63) is 36.0 Å². The van der Waals surface area contributed by atoms with Crippen LogP contribution in [0.3, 0.4) is 0 Å². The number of rotatable bonds is 4. The van der Waals surface area contributed by atoms with Crippen LogP contribution in [0.2, 0.25) is 0 Å². The zero-order valence-electron chi connectivity index (χ0n) is 17.3. The number of aromatic nitrogens is 1. The number of amides is 4. The van der Waals surface area contributed by atoms with Gasteiger partial charge in [0.1, 0.15) is 5.69 Å². The number of hydrogen-bond donors (Lipinski definition) is 3. The second-order valence-corrected chi connectivity index (χ2v) is 8.22. The SMILES string of the molecule is CC(C(=O)NC(=O)NC1CCCC1)N1CCN(C(=O)c2cc3ccccc3[nH]2)CC1. The second-order valence-electron chi connectivity index (χ2n) is 8.22. The number of carbonyl (C=O) groups is 3. The Morgan fingerprint density at radius 3 is 2.47 bits per heavy atom. The van der Waals surface area contributed by atoms with E-state index in [1.54, 1.807) is 11.8 Å². The lowest BCUT2D eigenvalue weighted by Crippen LogP contribution is -2.56. The van der Waals surface area contributed by atoms with Gasteiger partial charge in [-0.2, -0.15) is 0 Å². The molecule has 0 radical (unpaired) electrons. The van der Waals surface area contributed by atoms with Gasteiger partial charge in [-0.15, -0.1) is 0 Å². The van der Waals surface area contributed by atoms with E-state index in [4.69, 9.17) is 0 Å². The summed E-state index contributed by atoms with van der Waals surface area (Å²) >= 11 is 0. The number of para-hydroxylation sites is 1. The normalized spacial score (nSPS) is 19.0. The number of imide groups is 1. The van der Waals surface area contributed by atoms with E-state index in [1.807, 2.05) is 35.2 Å². The van der Waals surface area contributed by atoms with Gasteiger partial charge in [0.05, 0.1) is 6.04 Å². The maximum Gasteiger partial charge on any atom is 0.321 e. The number of fused-ring (bicyclic) bond motifs is 1. The molecule has 1 unspecified atom stereocenters. The summed E-state index contributed by atoms with van der Waals surface area (Å²) in [6, 6.07) is 9.03. The molecule has 2 heterocycles. The van der Waals surface area contributed by atoms with Gasteiger partial charge in [-0.3, -0.25) is 19.8 Å².